The first kappa shape index (κ1) is 16.2. The van der Waals surface area contributed by atoms with E-state index < -0.39 is 17.2 Å². The summed E-state index contributed by atoms with van der Waals surface area (Å²) in [5, 5.41) is 10.0. The number of fused-ring (bicyclic) bond motifs is 2. The molecule has 0 saturated carbocycles. The molecule has 2 fully saturated rings. The molecule has 3 heterocycles. The summed E-state index contributed by atoms with van der Waals surface area (Å²) < 4.78 is 18.7. The molecule has 1 aromatic heterocycles. The summed E-state index contributed by atoms with van der Waals surface area (Å²) in [7, 11) is 0. The van der Waals surface area contributed by atoms with Crippen molar-refractivity contribution in [1.82, 2.24) is 9.88 Å². The minimum absolute atomic E-state index is 0.0556. The molecule has 1 aromatic carbocycles. The Balaban J connectivity index is 1.61. The number of likely N-dealkylation sites (tertiary alicyclic amines) is 1. The van der Waals surface area contributed by atoms with Gasteiger partial charge in [0.15, 0.2) is 5.43 Å². The molecule has 2 aliphatic heterocycles. The molecule has 2 N–H and O–H groups in total. The summed E-state index contributed by atoms with van der Waals surface area (Å²) in [6.45, 7) is 2.34. The molecule has 0 radical (unpaired) electrons. The summed E-state index contributed by atoms with van der Waals surface area (Å²) in [6.07, 6.45) is 0.732. The zero-order valence-corrected chi connectivity index (χ0v) is 13.6. The van der Waals surface area contributed by atoms with Gasteiger partial charge in [0.05, 0.1) is 6.61 Å². The number of hydrogen-bond acceptors (Lipinski definition) is 4. The Kier molecular flexibility index (Phi) is 3.85. The van der Waals surface area contributed by atoms with Crippen molar-refractivity contribution in [3.8, 4) is 0 Å². The number of hydrogen-bond donors (Lipinski definition) is 2. The third-order valence-corrected chi connectivity index (χ3v) is 5.40. The van der Waals surface area contributed by atoms with E-state index in [-0.39, 0.29) is 18.0 Å². The second-order valence-electron chi connectivity index (χ2n) is 7.02. The van der Waals surface area contributed by atoms with Gasteiger partial charge in [0.2, 0.25) is 0 Å². The SMILES string of the molecule is O=C(O)[C@]12COCC[C@H]1CN(Cc1cc(=O)c3cc(F)ccc3[nH]1)C2. The Bertz CT molecular complexity index is 896. The van der Waals surface area contributed by atoms with Gasteiger partial charge in [-0.1, -0.05) is 0 Å². The zero-order valence-electron chi connectivity index (χ0n) is 13.6. The molecule has 6 nitrogen and oxygen atoms in total. The molecule has 2 aromatic rings. The molecule has 25 heavy (non-hydrogen) atoms. The maximum absolute atomic E-state index is 13.3. The molecule has 2 aliphatic rings. The largest absolute Gasteiger partial charge is 0.481 e. The molecule has 2 saturated heterocycles. The number of nitrogens with zero attached hydrogens (tertiary/aromatic N) is 1. The van der Waals surface area contributed by atoms with Crippen LogP contribution in [-0.4, -0.2) is 47.3 Å². The molecule has 0 aliphatic carbocycles. The van der Waals surface area contributed by atoms with Crippen LogP contribution in [0.15, 0.2) is 29.1 Å². The van der Waals surface area contributed by atoms with E-state index in [0.29, 0.717) is 42.8 Å². The van der Waals surface area contributed by atoms with Crippen molar-refractivity contribution < 1.29 is 19.0 Å². The van der Waals surface area contributed by atoms with Crippen LogP contribution in [-0.2, 0) is 16.1 Å². The molecule has 0 unspecified atom stereocenters. The lowest BCUT2D eigenvalue weighted by Gasteiger charge is -2.34. The van der Waals surface area contributed by atoms with Crippen molar-refractivity contribution in [3.63, 3.8) is 0 Å². The van der Waals surface area contributed by atoms with Crippen LogP contribution in [0.1, 0.15) is 12.1 Å². The summed E-state index contributed by atoms with van der Waals surface area (Å²) in [5.41, 5.74) is 0.176. The van der Waals surface area contributed by atoms with Crippen molar-refractivity contribution in [2.45, 2.75) is 13.0 Å². The summed E-state index contributed by atoms with van der Waals surface area (Å²) >= 11 is 0. The maximum Gasteiger partial charge on any atom is 0.313 e. The van der Waals surface area contributed by atoms with E-state index in [9.17, 15) is 19.1 Å². The van der Waals surface area contributed by atoms with E-state index in [1.807, 2.05) is 4.90 Å². The lowest BCUT2D eigenvalue weighted by atomic mass is 9.76. The third-order valence-electron chi connectivity index (χ3n) is 5.40. The molecule has 0 amide bonds. The number of carbonyl (C=O) groups is 1. The first-order valence-electron chi connectivity index (χ1n) is 8.33. The molecule has 0 spiro atoms. The number of rotatable bonds is 3. The monoisotopic (exact) mass is 346 g/mol. The van der Waals surface area contributed by atoms with E-state index in [2.05, 4.69) is 4.98 Å². The number of aromatic nitrogens is 1. The molecule has 132 valence electrons. The van der Waals surface area contributed by atoms with Crippen molar-refractivity contribution in [1.29, 1.82) is 0 Å². The average molecular weight is 346 g/mol. The van der Waals surface area contributed by atoms with E-state index >= 15 is 0 Å². The van der Waals surface area contributed by atoms with Crippen molar-refractivity contribution in [2.24, 2.45) is 11.3 Å². The van der Waals surface area contributed by atoms with Crippen LogP contribution in [0.2, 0.25) is 0 Å². The van der Waals surface area contributed by atoms with Crippen LogP contribution >= 0.6 is 0 Å². The second kappa shape index (κ2) is 5.93. The Labute approximate surface area is 143 Å². The first-order valence-corrected chi connectivity index (χ1v) is 8.33. The number of aromatic amines is 1. The number of carboxylic acids is 1. The van der Waals surface area contributed by atoms with Gasteiger partial charge in [-0.3, -0.25) is 14.5 Å². The smallest absolute Gasteiger partial charge is 0.313 e. The maximum atomic E-state index is 13.3. The lowest BCUT2D eigenvalue weighted by Crippen LogP contribution is -2.46. The van der Waals surface area contributed by atoms with Crippen LogP contribution in [0.4, 0.5) is 4.39 Å². The summed E-state index contributed by atoms with van der Waals surface area (Å²) in [6, 6.07) is 5.54. The Morgan fingerprint density at radius 2 is 2.28 bits per heavy atom. The summed E-state index contributed by atoms with van der Waals surface area (Å²) in [4.78, 5) is 29.3. The zero-order chi connectivity index (χ0) is 17.6. The number of ether oxygens (including phenoxy) is 1. The highest BCUT2D eigenvalue weighted by atomic mass is 19.1. The van der Waals surface area contributed by atoms with Crippen LogP contribution in [0.3, 0.4) is 0 Å². The van der Waals surface area contributed by atoms with Gasteiger partial charge in [-0.25, -0.2) is 4.39 Å². The molecular weight excluding hydrogens is 327 g/mol. The Morgan fingerprint density at radius 3 is 3.04 bits per heavy atom. The number of pyridine rings is 1. The molecular formula is C18H19FN2O4. The van der Waals surface area contributed by atoms with E-state index in [1.54, 1.807) is 6.07 Å². The quantitative estimate of drug-likeness (QED) is 0.882. The van der Waals surface area contributed by atoms with E-state index in [0.717, 1.165) is 6.42 Å². The fraction of sp³-hybridized carbons (Fsp3) is 0.444. The minimum Gasteiger partial charge on any atom is -0.481 e. The Hall–Kier alpha value is -2.25. The lowest BCUT2D eigenvalue weighted by molar-refractivity contribution is -0.159. The highest BCUT2D eigenvalue weighted by Gasteiger charge is 2.53. The predicted octanol–water partition coefficient (Wildman–Crippen LogP) is 1.59. The third kappa shape index (κ3) is 2.73. The number of carboxylic acid groups (broad SMARTS) is 1. The Morgan fingerprint density at radius 1 is 1.44 bits per heavy atom. The number of aliphatic carboxylic acids is 1. The van der Waals surface area contributed by atoms with Gasteiger partial charge >= 0.3 is 5.97 Å². The summed E-state index contributed by atoms with van der Waals surface area (Å²) in [5.74, 6) is -1.21. The van der Waals surface area contributed by atoms with Crippen molar-refractivity contribution in [2.75, 3.05) is 26.3 Å². The minimum atomic E-state index is -0.863. The number of H-pyrrole nitrogens is 1. The molecule has 4 rings (SSSR count). The standard InChI is InChI=1S/C18H19FN2O4/c19-12-1-2-15-14(5-12)16(22)6-13(20-15)8-21-7-11-3-4-25-10-18(11,9-21)17(23)24/h1-2,5-6,11H,3-4,7-10H2,(H,20,22)(H,23,24)/t11-,18+/m0/s1. The van der Waals surface area contributed by atoms with E-state index in [4.69, 9.17) is 4.74 Å². The predicted molar refractivity (Wildman–Crippen MR) is 88.8 cm³/mol. The van der Waals surface area contributed by atoms with E-state index in [1.165, 1.54) is 18.2 Å². The first-order chi connectivity index (χ1) is 12.0. The number of benzene rings is 1. The van der Waals surface area contributed by atoms with Crippen LogP contribution in [0, 0.1) is 17.2 Å². The fourth-order valence-electron chi connectivity index (χ4n) is 4.11. The highest BCUT2D eigenvalue weighted by Crippen LogP contribution is 2.42. The van der Waals surface area contributed by atoms with Crippen LogP contribution < -0.4 is 5.43 Å². The number of halogens is 1. The van der Waals surface area contributed by atoms with Crippen molar-refractivity contribution >= 4 is 16.9 Å². The average Bonchev–Trinajstić information content (AvgIpc) is 2.95. The van der Waals surface area contributed by atoms with Gasteiger partial charge < -0.3 is 14.8 Å². The molecule has 2 atom stereocenters. The van der Waals surface area contributed by atoms with Gasteiger partial charge in [-0.2, -0.15) is 0 Å². The van der Waals surface area contributed by atoms with Crippen LogP contribution in [0.25, 0.3) is 10.9 Å². The van der Waals surface area contributed by atoms with Crippen LogP contribution in [0.5, 0.6) is 0 Å². The number of nitrogens with one attached hydrogen (secondary N) is 1. The van der Waals surface area contributed by atoms with Gasteiger partial charge in [-0.05, 0) is 30.5 Å². The molecule has 0 bridgehead atoms. The fourth-order valence-corrected chi connectivity index (χ4v) is 4.11. The van der Waals surface area contributed by atoms with Gasteiger partial charge in [0.1, 0.15) is 11.2 Å². The highest BCUT2D eigenvalue weighted by molar-refractivity contribution is 5.78. The van der Waals surface area contributed by atoms with Gasteiger partial charge in [-0.15, -0.1) is 0 Å². The van der Waals surface area contributed by atoms with Gasteiger partial charge in [0, 0.05) is 48.9 Å². The molecule has 7 heteroatoms. The normalized spacial score (nSPS) is 26.7. The second-order valence-corrected chi connectivity index (χ2v) is 7.02. The van der Waals surface area contributed by atoms with Gasteiger partial charge in [0.25, 0.3) is 0 Å². The topological polar surface area (TPSA) is 82.6 Å². The van der Waals surface area contributed by atoms with Crippen molar-refractivity contribution in [3.05, 3.63) is 46.0 Å².